The summed E-state index contributed by atoms with van der Waals surface area (Å²) in [5.41, 5.74) is 3.03. The molecule has 0 radical (unpaired) electrons. The van der Waals surface area contributed by atoms with E-state index in [1.54, 1.807) is 30.3 Å². The molecule has 0 fully saturated rings. The van der Waals surface area contributed by atoms with Crippen LogP contribution < -0.4 is 14.8 Å². The van der Waals surface area contributed by atoms with E-state index >= 15 is 0 Å². The Bertz CT molecular complexity index is 1030. The number of rotatable bonds is 5. The van der Waals surface area contributed by atoms with Crippen molar-refractivity contribution < 1.29 is 14.3 Å². The third kappa shape index (κ3) is 4.42. The molecule has 3 aromatic rings. The number of nitrogens with zero attached hydrogens (tertiary/aromatic N) is 2. The Morgan fingerprint density at radius 3 is 2.36 bits per heavy atom. The zero-order chi connectivity index (χ0) is 19.2. The molecule has 1 amide bonds. The smallest absolute Gasteiger partial charge is 0.248 e. The summed E-state index contributed by atoms with van der Waals surface area (Å²) in [7, 11) is 0. The van der Waals surface area contributed by atoms with Gasteiger partial charge in [-0.15, -0.1) is 0 Å². The van der Waals surface area contributed by atoms with Gasteiger partial charge in [0.2, 0.25) is 12.7 Å². The topological polar surface area (TPSA) is 72.3 Å². The fraction of sp³-hybridized carbons (Fsp3) is 0.0455. The highest BCUT2D eigenvalue weighted by atomic mass is 16.7. The molecule has 0 aromatic heterocycles. The minimum absolute atomic E-state index is 0.226. The molecule has 3 aromatic carbocycles. The van der Waals surface area contributed by atoms with Crippen LogP contribution in [0.3, 0.4) is 0 Å². The lowest BCUT2D eigenvalue weighted by Crippen LogP contribution is -2.07. The average molecular weight is 371 g/mol. The van der Waals surface area contributed by atoms with Crippen LogP contribution in [0.5, 0.6) is 11.5 Å². The molecule has 1 aliphatic rings. The molecule has 0 spiro atoms. The predicted molar refractivity (Wildman–Crippen MR) is 107 cm³/mol. The molecular weight excluding hydrogens is 354 g/mol. The van der Waals surface area contributed by atoms with Crippen LogP contribution in [-0.4, -0.2) is 12.7 Å². The molecule has 1 N–H and O–H groups in total. The molecule has 0 unspecified atom stereocenters. The highest BCUT2D eigenvalue weighted by Gasteiger charge is 2.12. The van der Waals surface area contributed by atoms with Crippen molar-refractivity contribution in [2.24, 2.45) is 10.2 Å². The van der Waals surface area contributed by atoms with Gasteiger partial charge in [0.15, 0.2) is 11.5 Å². The lowest BCUT2D eigenvalue weighted by atomic mass is 10.2. The van der Waals surface area contributed by atoms with Gasteiger partial charge in [-0.3, -0.25) is 4.79 Å². The van der Waals surface area contributed by atoms with Gasteiger partial charge in [0.1, 0.15) is 0 Å². The highest BCUT2D eigenvalue weighted by molar-refractivity contribution is 6.02. The Hall–Kier alpha value is -3.93. The lowest BCUT2D eigenvalue weighted by molar-refractivity contribution is -0.111. The monoisotopic (exact) mass is 371 g/mol. The van der Waals surface area contributed by atoms with Gasteiger partial charge < -0.3 is 14.8 Å². The quantitative estimate of drug-likeness (QED) is 0.477. The summed E-state index contributed by atoms with van der Waals surface area (Å²) in [4.78, 5) is 12.1. The first-order valence-electron chi connectivity index (χ1n) is 8.72. The first-order valence-corrected chi connectivity index (χ1v) is 8.72. The summed E-state index contributed by atoms with van der Waals surface area (Å²) < 4.78 is 10.6. The predicted octanol–water partition coefficient (Wildman–Crippen LogP) is 5.48. The summed E-state index contributed by atoms with van der Waals surface area (Å²) >= 11 is 0. The van der Waals surface area contributed by atoms with E-state index in [0.717, 1.165) is 11.3 Å². The lowest BCUT2D eigenvalue weighted by Gasteiger charge is -2.02. The molecule has 0 saturated carbocycles. The Kier molecular flexibility index (Phi) is 5.11. The third-order valence-electron chi connectivity index (χ3n) is 4.00. The van der Waals surface area contributed by atoms with Crippen LogP contribution in [0.25, 0.3) is 6.08 Å². The van der Waals surface area contributed by atoms with Crippen molar-refractivity contribution in [1.29, 1.82) is 0 Å². The van der Waals surface area contributed by atoms with Crippen molar-refractivity contribution in [3.8, 4) is 11.5 Å². The third-order valence-corrected chi connectivity index (χ3v) is 4.00. The Labute approximate surface area is 162 Å². The first kappa shape index (κ1) is 17.5. The molecule has 6 nitrogen and oxygen atoms in total. The van der Waals surface area contributed by atoms with Crippen LogP contribution >= 0.6 is 0 Å². The molecule has 1 heterocycles. The molecular formula is C22H17N3O3. The van der Waals surface area contributed by atoms with Crippen molar-refractivity contribution in [3.63, 3.8) is 0 Å². The van der Waals surface area contributed by atoms with Crippen molar-refractivity contribution in [2.45, 2.75) is 0 Å². The number of ether oxygens (including phenoxy) is 2. The maximum absolute atomic E-state index is 12.1. The van der Waals surface area contributed by atoms with Gasteiger partial charge in [-0.25, -0.2) is 0 Å². The molecule has 0 atom stereocenters. The van der Waals surface area contributed by atoms with E-state index in [2.05, 4.69) is 15.5 Å². The number of amides is 1. The second-order valence-corrected chi connectivity index (χ2v) is 6.02. The van der Waals surface area contributed by atoms with Crippen molar-refractivity contribution in [2.75, 3.05) is 12.1 Å². The number of hydrogen-bond acceptors (Lipinski definition) is 5. The van der Waals surface area contributed by atoms with E-state index in [4.69, 9.17) is 9.47 Å². The molecule has 0 saturated heterocycles. The molecule has 6 heteroatoms. The summed E-state index contributed by atoms with van der Waals surface area (Å²) in [6, 6.07) is 22.2. The molecule has 4 rings (SSSR count). The van der Waals surface area contributed by atoms with Crippen LogP contribution in [0.2, 0.25) is 0 Å². The minimum atomic E-state index is -0.226. The van der Waals surface area contributed by atoms with Crippen LogP contribution in [0.4, 0.5) is 17.1 Å². The van der Waals surface area contributed by atoms with E-state index in [-0.39, 0.29) is 12.7 Å². The van der Waals surface area contributed by atoms with E-state index in [9.17, 15) is 4.79 Å². The van der Waals surface area contributed by atoms with E-state index in [1.807, 2.05) is 48.5 Å². The van der Waals surface area contributed by atoms with Crippen molar-refractivity contribution in [1.82, 2.24) is 0 Å². The average Bonchev–Trinajstić information content (AvgIpc) is 3.20. The van der Waals surface area contributed by atoms with Gasteiger partial charge in [-0.05, 0) is 60.2 Å². The number of benzene rings is 3. The molecule has 0 aliphatic carbocycles. The number of anilines is 1. The van der Waals surface area contributed by atoms with Crippen LogP contribution in [0.1, 0.15) is 5.56 Å². The van der Waals surface area contributed by atoms with E-state index in [1.165, 1.54) is 6.08 Å². The standard InChI is InChI=1S/C22H17N3O3/c26-22(13-7-16-6-12-20-21(14-16)28-15-27-20)23-17-8-10-19(11-9-17)25-24-18-4-2-1-3-5-18/h1-14H,15H2,(H,23,26). The summed E-state index contributed by atoms with van der Waals surface area (Å²) in [6.45, 7) is 0.226. The van der Waals surface area contributed by atoms with E-state index in [0.29, 0.717) is 22.9 Å². The van der Waals surface area contributed by atoms with E-state index < -0.39 is 0 Å². The zero-order valence-electron chi connectivity index (χ0n) is 14.9. The number of carbonyl (C=O) groups excluding carboxylic acids is 1. The maximum Gasteiger partial charge on any atom is 0.248 e. The van der Waals surface area contributed by atoms with Gasteiger partial charge >= 0.3 is 0 Å². The van der Waals surface area contributed by atoms with Crippen LogP contribution in [-0.2, 0) is 4.79 Å². The van der Waals surface area contributed by atoms with Crippen LogP contribution in [0, 0.1) is 0 Å². The number of fused-ring (bicyclic) bond motifs is 1. The fourth-order valence-corrected chi connectivity index (χ4v) is 2.59. The molecule has 0 bridgehead atoms. The number of nitrogens with one attached hydrogen (secondary N) is 1. The number of carbonyl (C=O) groups is 1. The number of hydrogen-bond donors (Lipinski definition) is 1. The second kappa shape index (κ2) is 8.18. The summed E-state index contributed by atoms with van der Waals surface area (Å²) in [5, 5.41) is 11.2. The number of azo groups is 1. The fourth-order valence-electron chi connectivity index (χ4n) is 2.59. The van der Waals surface area contributed by atoms with Crippen LogP contribution in [0.15, 0.2) is 89.1 Å². The largest absolute Gasteiger partial charge is 0.454 e. The molecule has 28 heavy (non-hydrogen) atoms. The molecule has 1 aliphatic heterocycles. The normalized spacial score (nSPS) is 12.6. The van der Waals surface area contributed by atoms with Gasteiger partial charge in [-0.1, -0.05) is 24.3 Å². The van der Waals surface area contributed by atoms with Crippen molar-refractivity contribution >= 4 is 29.0 Å². The SMILES string of the molecule is O=C(C=Cc1ccc2c(c1)OCO2)Nc1ccc(N=Nc2ccccc2)cc1. The van der Waals surface area contributed by atoms with Gasteiger partial charge in [0.05, 0.1) is 11.4 Å². The summed E-state index contributed by atoms with van der Waals surface area (Å²) in [5.74, 6) is 1.17. The Morgan fingerprint density at radius 2 is 1.57 bits per heavy atom. The Morgan fingerprint density at radius 1 is 0.857 bits per heavy atom. The Balaban J connectivity index is 1.35. The molecule has 138 valence electrons. The van der Waals surface area contributed by atoms with Gasteiger partial charge in [-0.2, -0.15) is 10.2 Å². The van der Waals surface area contributed by atoms with Gasteiger partial charge in [0, 0.05) is 11.8 Å². The summed E-state index contributed by atoms with van der Waals surface area (Å²) in [6.07, 6.45) is 3.19. The minimum Gasteiger partial charge on any atom is -0.454 e. The first-order chi connectivity index (χ1) is 13.8. The highest BCUT2D eigenvalue weighted by Crippen LogP contribution is 2.32. The maximum atomic E-state index is 12.1. The van der Waals surface area contributed by atoms with Gasteiger partial charge in [0.25, 0.3) is 0 Å². The van der Waals surface area contributed by atoms with Crippen molar-refractivity contribution in [3.05, 3.63) is 84.4 Å². The zero-order valence-corrected chi connectivity index (χ0v) is 14.9. The second-order valence-electron chi connectivity index (χ2n) is 6.02.